The highest BCUT2D eigenvalue weighted by molar-refractivity contribution is 5.84. The summed E-state index contributed by atoms with van der Waals surface area (Å²) in [6.07, 6.45) is 5.27. The van der Waals surface area contributed by atoms with Gasteiger partial charge in [-0.25, -0.2) is 0 Å². The summed E-state index contributed by atoms with van der Waals surface area (Å²) in [6, 6.07) is 0.473. The summed E-state index contributed by atoms with van der Waals surface area (Å²) >= 11 is 0. The van der Waals surface area contributed by atoms with Gasteiger partial charge in [0.25, 0.3) is 0 Å². The van der Waals surface area contributed by atoms with Crippen LogP contribution in [0.1, 0.15) is 39.0 Å². The Morgan fingerprint density at radius 3 is 2.65 bits per heavy atom. The van der Waals surface area contributed by atoms with Crippen molar-refractivity contribution in [3.63, 3.8) is 0 Å². The molecule has 98 valence electrons. The SMILES string of the molecule is COCCN(C(=O)C1(C)CCCC1N)C1CC1. The normalized spacial score (nSPS) is 32.8. The Bertz CT molecular complexity index is 291. The Morgan fingerprint density at radius 2 is 2.18 bits per heavy atom. The second-order valence-electron chi connectivity index (χ2n) is 5.64. The Morgan fingerprint density at radius 1 is 1.47 bits per heavy atom. The third-order valence-corrected chi connectivity index (χ3v) is 4.30. The zero-order chi connectivity index (χ0) is 12.5. The number of nitrogens with zero attached hydrogens (tertiary/aromatic N) is 1. The van der Waals surface area contributed by atoms with Gasteiger partial charge in [0.05, 0.1) is 12.0 Å². The molecule has 0 bridgehead atoms. The van der Waals surface area contributed by atoms with Crippen molar-refractivity contribution in [2.45, 2.75) is 51.1 Å². The largest absolute Gasteiger partial charge is 0.383 e. The van der Waals surface area contributed by atoms with Crippen LogP contribution < -0.4 is 5.73 Å². The van der Waals surface area contributed by atoms with Gasteiger partial charge >= 0.3 is 0 Å². The first-order chi connectivity index (χ1) is 8.09. The maximum Gasteiger partial charge on any atom is 0.230 e. The van der Waals surface area contributed by atoms with Crippen LogP contribution in [-0.2, 0) is 9.53 Å². The van der Waals surface area contributed by atoms with Crippen LogP contribution in [0, 0.1) is 5.41 Å². The average Bonchev–Trinajstić information content (AvgIpc) is 3.08. The molecule has 0 aliphatic heterocycles. The highest BCUT2D eigenvalue weighted by atomic mass is 16.5. The predicted octanol–water partition coefficient (Wildman–Crippen LogP) is 1.14. The maximum absolute atomic E-state index is 12.7. The van der Waals surface area contributed by atoms with E-state index in [1.54, 1.807) is 7.11 Å². The van der Waals surface area contributed by atoms with Crippen LogP contribution >= 0.6 is 0 Å². The van der Waals surface area contributed by atoms with Crippen LogP contribution in [0.4, 0.5) is 0 Å². The minimum absolute atomic E-state index is 0.0267. The van der Waals surface area contributed by atoms with Gasteiger partial charge in [-0.2, -0.15) is 0 Å². The molecule has 2 unspecified atom stereocenters. The zero-order valence-corrected chi connectivity index (χ0v) is 10.9. The van der Waals surface area contributed by atoms with E-state index < -0.39 is 0 Å². The predicted molar refractivity (Wildman–Crippen MR) is 66.5 cm³/mol. The molecule has 0 radical (unpaired) electrons. The first-order valence-corrected chi connectivity index (χ1v) is 6.65. The lowest BCUT2D eigenvalue weighted by atomic mass is 9.83. The highest BCUT2D eigenvalue weighted by Gasteiger charge is 2.47. The summed E-state index contributed by atoms with van der Waals surface area (Å²) in [5.41, 5.74) is 5.79. The standard InChI is InChI=1S/C13H24N2O2/c1-13(7-3-4-11(13)14)12(16)15(8-9-17-2)10-5-6-10/h10-11H,3-9,14H2,1-2H3. The van der Waals surface area contributed by atoms with Crippen molar-refractivity contribution in [2.75, 3.05) is 20.3 Å². The van der Waals surface area contributed by atoms with Crippen molar-refractivity contribution in [2.24, 2.45) is 11.1 Å². The summed E-state index contributed by atoms with van der Waals surface area (Å²) in [5, 5.41) is 0. The highest BCUT2D eigenvalue weighted by Crippen LogP contribution is 2.40. The molecule has 2 fully saturated rings. The summed E-state index contributed by atoms with van der Waals surface area (Å²) < 4.78 is 5.10. The second kappa shape index (κ2) is 4.94. The van der Waals surface area contributed by atoms with Gasteiger partial charge in [0, 0.05) is 25.7 Å². The minimum Gasteiger partial charge on any atom is -0.383 e. The van der Waals surface area contributed by atoms with Gasteiger partial charge in [-0.05, 0) is 32.6 Å². The first-order valence-electron chi connectivity index (χ1n) is 6.65. The smallest absolute Gasteiger partial charge is 0.230 e. The van der Waals surface area contributed by atoms with E-state index in [1.165, 1.54) is 0 Å². The first kappa shape index (κ1) is 12.8. The third-order valence-electron chi connectivity index (χ3n) is 4.30. The molecule has 0 aromatic carbocycles. The molecular weight excluding hydrogens is 216 g/mol. The van der Waals surface area contributed by atoms with Crippen LogP contribution in [0.15, 0.2) is 0 Å². The molecule has 0 heterocycles. The summed E-state index contributed by atoms with van der Waals surface area (Å²) in [6.45, 7) is 3.37. The number of amides is 1. The molecule has 2 saturated carbocycles. The second-order valence-corrected chi connectivity index (χ2v) is 5.64. The zero-order valence-electron chi connectivity index (χ0n) is 10.9. The monoisotopic (exact) mass is 240 g/mol. The molecule has 0 aromatic heterocycles. The van der Waals surface area contributed by atoms with E-state index in [1.807, 2.05) is 11.8 Å². The van der Waals surface area contributed by atoms with Crippen molar-refractivity contribution >= 4 is 5.91 Å². The van der Waals surface area contributed by atoms with Gasteiger partial charge in [-0.15, -0.1) is 0 Å². The van der Waals surface area contributed by atoms with Gasteiger partial charge in [0.15, 0.2) is 0 Å². The molecule has 2 N–H and O–H groups in total. The van der Waals surface area contributed by atoms with Crippen LogP contribution in [-0.4, -0.2) is 43.2 Å². The molecule has 2 rings (SSSR count). The van der Waals surface area contributed by atoms with Gasteiger partial charge in [0.1, 0.15) is 0 Å². The Kier molecular flexibility index (Phi) is 3.73. The van der Waals surface area contributed by atoms with E-state index >= 15 is 0 Å². The van der Waals surface area contributed by atoms with E-state index in [9.17, 15) is 4.79 Å². The summed E-state index contributed by atoms with van der Waals surface area (Å²) in [4.78, 5) is 14.7. The third kappa shape index (κ3) is 2.47. The lowest BCUT2D eigenvalue weighted by Gasteiger charge is -2.34. The van der Waals surface area contributed by atoms with Crippen molar-refractivity contribution in [1.29, 1.82) is 0 Å². The Balaban J connectivity index is 2.04. The number of hydrogen-bond acceptors (Lipinski definition) is 3. The van der Waals surface area contributed by atoms with Crippen molar-refractivity contribution in [3.05, 3.63) is 0 Å². The number of carbonyl (C=O) groups excluding carboxylic acids is 1. The molecule has 2 atom stereocenters. The van der Waals surface area contributed by atoms with Gasteiger partial charge < -0.3 is 15.4 Å². The van der Waals surface area contributed by atoms with Gasteiger partial charge in [-0.3, -0.25) is 4.79 Å². The molecule has 0 saturated heterocycles. The quantitative estimate of drug-likeness (QED) is 0.784. The number of ether oxygens (including phenoxy) is 1. The summed E-state index contributed by atoms with van der Waals surface area (Å²) in [5.74, 6) is 0.252. The molecule has 2 aliphatic rings. The van der Waals surface area contributed by atoms with E-state index in [-0.39, 0.29) is 17.4 Å². The number of nitrogens with two attached hydrogens (primary N) is 1. The lowest BCUT2D eigenvalue weighted by molar-refractivity contribution is -0.143. The van der Waals surface area contributed by atoms with Gasteiger partial charge in [0.2, 0.25) is 5.91 Å². The van der Waals surface area contributed by atoms with E-state index in [2.05, 4.69) is 0 Å². The van der Waals surface area contributed by atoms with Gasteiger partial charge in [-0.1, -0.05) is 6.42 Å². The maximum atomic E-state index is 12.7. The number of hydrogen-bond donors (Lipinski definition) is 1. The number of carbonyl (C=O) groups is 1. The van der Waals surface area contributed by atoms with Crippen molar-refractivity contribution in [1.82, 2.24) is 4.90 Å². The molecule has 1 amide bonds. The molecule has 4 heteroatoms. The van der Waals surface area contributed by atoms with Crippen molar-refractivity contribution < 1.29 is 9.53 Å². The van der Waals surface area contributed by atoms with Crippen LogP contribution in [0.3, 0.4) is 0 Å². The molecule has 17 heavy (non-hydrogen) atoms. The lowest BCUT2D eigenvalue weighted by Crippen LogP contribution is -2.50. The van der Waals surface area contributed by atoms with Crippen LogP contribution in [0.25, 0.3) is 0 Å². The molecular formula is C13H24N2O2. The minimum atomic E-state index is -0.337. The van der Waals surface area contributed by atoms with Crippen LogP contribution in [0.2, 0.25) is 0 Å². The van der Waals surface area contributed by atoms with Crippen molar-refractivity contribution in [3.8, 4) is 0 Å². The van der Waals surface area contributed by atoms with E-state index in [0.29, 0.717) is 19.2 Å². The van der Waals surface area contributed by atoms with E-state index in [0.717, 1.165) is 32.1 Å². The fourth-order valence-corrected chi connectivity index (χ4v) is 2.81. The summed E-state index contributed by atoms with van der Waals surface area (Å²) in [7, 11) is 1.68. The fourth-order valence-electron chi connectivity index (χ4n) is 2.81. The molecule has 2 aliphatic carbocycles. The Labute approximate surface area is 103 Å². The van der Waals surface area contributed by atoms with E-state index in [4.69, 9.17) is 10.5 Å². The average molecular weight is 240 g/mol. The number of methoxy groups -OCH3 is 1. The topological polar surface area (TPSA) is 55.6 Å². The Hall–Kier alpha value is -0.610. The number of rotatable bonds is 5. The molecule has 0 aromatic rings. The fraction of sp³-hybridized carbons (Fsp3) is 0.923. The molecule has 0 spiro atoms. The van der Waals surface area contributed by atoms with Crippen LogP contribution in [0.5, 0.6) is 0 Å². The molecule has 4 nitrogen and oxygen atoms in total.